The first-order valence-electron chi connectivity index (χ1n) is 20.2. The highest BCUT2D eigenvalue weighted by atomic mass is 32.1. The number of benzene rings is 9. The van der Waals surface area contributed by atoms with Crippen LogP contribution in [0.1, 0.15) is 49.9 Å². The Morgan fingerprint density at radius 3 is 1.65 bits per heavy atom. The van der Waals surface area contributed by atoms with E-state index < -0.39 is 0 Å². The van der Waals surface area contributed by atoms with Crippen LogP contribution in [0, 0.1) is 0 Å². The predicted molar refractivity (Wildman–Crippen MR) is 246 cm³/mol. The Morgan fingerprint density at radius 1 is 0.298 bits per heavy atom. The van der Waals surface area contributed by atoms with Gasteiger partial charge in [-0.05, 0) is 130 Å². The van der Waals surface area contributed by atoms with Gasteiger partial charge in [0, 0.05) is 31.0 Å². The summed E-state index contributed by atoms with van der Waals surface area (Å²) in [5, 5.41) is 7.79. The smallest absolute Gasteiger partial charge is 0.0355 e. The summed E-state index contributed by atoms with van der Waals surface area (Å²) in [5.41, 5.74) is 18.5. The molecule has 0 bridgehead atoms. The number of thiophene rings is 1. The third-order valence-electron chi connectivity index (χ3n) is 13.5. The highest BCUT2D eigenvalue weighted by molar-refractivity contribution is 7.25. The number of hydrogen-bond donors (Lipinski definition) is 0. The van der Waals surface area contributed by atoms with Gasteiger partial charge in [0.25, 0.3) is 0 Å². The molecule has 0 fully saturated rings. The van der Waals surface area contributed by atoms with E-state index in [0.717, 1.165) is 0 Å². The molecule has 0 radical (unpaired) electrons. The van der Waals surface area contributed by atoms with Gasteiger partial charge >= 0.3 is 0 Å². The van der Waals surface area contributed by atoms with Crippen LogP contribution >= 0.6 is 11.3 Å². The second-order valence-electron chi connectivity index (χ2n) is 17.2. The first-order chi connectivity index (χ1) is 27.8. The van der Waals surface area contributed by atoms with Gasteiger partial charge in [0.15, 0.2) is 0 Å². The van der Waals surface area contributed by atoms with E-state index in [1.165, 1.54) is 120 Å². The first-order valence-corrected chi connectivity index (χ1v) is 21.0. The fourth-order valence-corrected chi connectivity index (χ4v) is 11.8. The van der Waals surface area contributed by atoms with E-state index in [1.807, 2.05) is 11.3 Å². The molecule has 1 aromatic heterocycles. The molecule has 0 saturated carbocycles. The minimum absolute atomic E-state index is 0.0669. The molecule has 9 aromatic carbocycles. The lowest BCUT2D eigenvalue weighted by Crippen LogP contribution is -2.14. The molecule has 0 N–H and O–H groups in total. The predicted octanol–water partition coefficient (Wildman–Crippen LogP) is 16.0. The van der Waals surface area contributed by atoms with Crippen LogP contribution < -0.4 is 0 Å². The molecule has 0 spiro atoms. The van der Waals surface area contributed by atoms with Crippen molar-refractivity contribution in [2.45, 2.75) is 38.5 Å². The third kappa shape index (κ3) is 4.49. The first kappa shape index (κ1) is 32.9. The van der Waals surface area contributed by atoms with Gasteiger partial charge in [-0.15, -0.1) is 11.3 Å². The molecular weight excluding hydrogens is 705 g/mol. The zero-order valence-corrected chi connectivity index (χ0v) is 33.4. The van der Waals surface area contributed by atoms with Crippen molar-refractivity contribution in [3.05, 3.63) is 192 Å². The van der Waals surface area contributed by atoms with E-state index in [1.54, 1.807) is 0 Å². The minimum atomic E-state index is -0.0911. The van der Waals surface area contributed by atoms with Crippen molar-refractivity contribution in [1.82, 2.24) is 0 Å². The molecule has 10 aromatic rings. The van der Waals surface area contributed by atoms with Crippen LogP contribution in [0.15, 0.2) is 170 Å². The zero-order valence-electron chi connectivity index (χ0n) is 32.6. The number of fused-ring (bicyclic) bond motifs is 11. The minimum Gasteiger partial charge on any atom is -0.135 e. The van der Waals surface area contributed by atoms with Crippen LogP contribution in [0.25, 0.3) is 97.4 Å². The Bertz CT molecular complexity index is 3350. The Hall–Kier alpha value is -6.28. The monoisotopic (exact) mass is 744 g/mol. The van der Waals surface area contributed by atoms with Crippen LogP contribution in [0.4, 0.5) is 0 Å². The molecule has 0 unspecified atom stereocenters. The van der Waals surface area contributed by atoms with Gasteiger partial charge in [0.05, 0.1) is 0 Å². The summed E-state index contributed by atoms with van der Waals surface area (Å²) in [7, 11) is 0. The Morgan fingerprint density at radius 2 is 0.825 bits per heavy atom. The lowest BCUT2D eigenvalue weighted by molar-refractivity contribution is 0.660. The van der Waals surface area contributed by atoms with E-state index in [9.17, 15) is 0 Å². The Balaban J connectivity index is 1.18. The maximum absolute atomic E-state index is 2.50. The zero-order chi connectivity index (χ0) is 38.2. The van der Waals surface area contributed by atoms with Crippen molar-refractivity contribution in [3.63, 3.8) is 0 Å². The van der Waals surface area contributed by atoms with Gasteiger partial charge in [-0.1, -0.05) is 167 Å². The van der Waals surface area contributed by atoms with Crippen molar-refractivity contribution in [2.75, 3.05) is 0 Å². The van der Waals surface area contributed by atoms with Crippen molar-refractivity contribution >= 4 is 53.1 Å². The quantitative estimate of drug-likeness (QED) is 0.158. The van der Waals surface area contributed by atoms with Gasteiger partial charge in [0.2, 0.25) is 0 Å². The van der Waals surface area contributed by atoms with Crippen molar-refractivity contribution in [3.8, 4) is 55.6 Å². The van der Waals surface area contributed by atoms with Crippen LogP contribution in [-0.4, -0.2) is 0 Å². The summed E-state index contributed by atoms with van der Waals surface area (Å²) in [6.07, 6.45) is 0. The number of hydrogen-bond acceptors (Lipinski definition) is 1. The molecule has 0 aliphatic heterocycles. The topological polar surface area (TPSA) is 0 Å². The molecule has 1 heterocycles. The Kier molecular flexibility index (Phi) is 6.72. The molecule has 0 amide bonds. The van der Waals surface area contributed by atoms with Gasteiger partial charge in [0.1, 0.15) is 0 Å². The van der Waals surface area contributed by atoms with E-state index >= 15 is 0 Å². The maximum atomic E-state index is 2.50. The van der Waals surface area contributed by atoms with Crippen molar-refractivity contribution in [1.29, 1.82) is 0 Å². The molecule has 0 atom stereocenters. The molecule has 0 nitrogen and oxygen atoms in total. The second kappa shape index (κ2) is 11.6. The summed E-state index contributed by atoms with van der Waals surface area (Å²) in [6.45, 7) is 9.52. The van der Waals surface area contributed by atoms with E-state index in [0.29, 0.717) is 0 Å². The maximum Gasteiger partial charge on any atom is 0.0355 e. The van der Waals surface area contributed by atoms with Gasteiger partial charge in [-0.25, -0.2) is 0 Å². The average molecular weight is 745 g/mol. The molecule has 1 heteroatoms. The molecule has 270 valence electrons. The highest BCUT2D eigenvalue weighted by Gasteiger charge is 2.38. The SMILES string of the molecule is CC1(C)c2ccccc2-c2ccc(-c3ccc4c(-c5ccc6sc7ccccc7c6c5)c5ccccc5c(-c5cccc6c5-c5ccccc5C6(C)C)c4c3)cc21. The van der Waals surface area contributed by atoms with Crippen molar-refractivity contribution < 1.29 is 0 Å². The van der Waals surface area contributed by atoms with Gasteiger partial charge in [-0.2, -0.15) is 0 Å². The molecule has 57 heavy (non-hydrogen) atoms. The normalized spacial score (nSPS) is 14.6. The largest absolute Gasteiger partial charge is 0.135 e. The van der Waals surface area contributed by atoms with E-state index in [2.05, 4.69) is 198 Å². The molecule has 0 saturated heterocycles. The van der Waals surface area contributed by atoms with Crippen LogP contribution in [-0.2, 0) is 10.8 Å². The van der Waals surface area contributed by atoms with E-state index in [-0.39, 0.29) is 10.8 Å². The van der Waals surface area contributed by atoms with Crippen molar-refractivity contribution in [2.24, 2.45) is 0 Å². The van der Waals surface area contributed by atoms with E-state index in [4.69, 9.17) is 0 Å². The standard InChI is InChI=1S/C56H40S/c1-55(2)47-21-11-8-18-42(47)54-43(19-13-22-48(54)55)53-40-17-6-5-16-39(40)52(35-26-29-51-44(31-35)38-15-9-12-23-50(38)57-51)41-28-25-33(30-45(41)53)34-24-27-37-36-14-7-10-20-46(36)56(3,4)49(37)32-34/h5-32H,1-4H3. The van der Waals surface area contributed by atoms with Crippen LogP contribution in [0.3, 0.4) is 0 Å². The van der Waals surface area contributed by atoms with Gasteiger partial charge in [-0.3, -0.25) is 0 Å². The lowest BCUT2D eigenvalue weighted by Gasteiger charge is -2.23. The fraction of sp³-hybridized carbons (Fsp3) is 0.107. The molecule has 2 aliphatic rings. The second-order valence-corrected chi connectivity index (χ2v) is 18.3. The lowest BCUT2D eigenvalue weighted by atomic mass is 9.80. The number of rotatable bonds is 3. The van der Waals surface area contributed by atoms with Crippen LogP contribution in [0.2, 0.25) is 0 Å². The summed E-state index contributed by atoms with van der Waals surface area (Å²) < 4.78 is 2.66. The fourth-order valence-electron chi connectivity index (χ4n) is 10.7. The summed E-state index contributed by atoms with van der Waals surface area (Å²) in [5.74, 6) is 0. The summed E-state index contributed by atoms with van der Waals surface area (Å²) >= 11 is 1.88. The third-order valence-corrected chi connectivity index (χ3v) is 14.6. The summed E-state index contributed by atoms with van der Waals surface area (Å²) in [6, 6.07) is 64.6. The summed E-state index contributed by atoms with van der Waals surface area (Å²) in [4.78, 5) is 0. The molecular formula is C56H40S. The molecule has 2 aliphatic carbocycles. The average Bonchev–Trinajstić information content (AvgIpc) is 3.82. The Labute approximate surface area is 337 Å². The highest BCUT2D eigenvalue weighted by Crippen LogP contribution is 2.55. The van der Waals surface area contributed by atoms with Gasteiger partial charge < -0.3 is 0 Å². The van der Waals surface area contributed by atoms with Crippen LogP contribution in [0.5, 0.6) is 0 Å². The molecule has 12 rings (SSSR count).